The van der Waals surface area contributed by atoms with Crippen LogP contribution in [-0.2, 0) is 9.57 Å². The molecular formula is C11H25NO4. The molecule has 0 saturated carbocycles. The second kappa shape index (κ2) is 5.93. The summed E-state index contributed by atoms with van der Waals surface area (Å²) in [5, 5.41) is 19.7. The van der Waals surface area contributed by atoms with E-state index in [2.05, 4.69) is 0 Å². The van der Waals surface area contributed by atoms with Gasteiger partial charge in [-0.1, -0.05) is 0 Å². The summed E-state index contributed by atoms with van der Waals surface area (Å²) in [5.41, 5.74) is -1.40. The molecule has 0 aliphatic carbocycles. The van der Waals surface area contributed by atoms with Gasteiger partial charge in [0.05, 0.1) is 17.8 Å². The van der Waals surface area contributed by atoms with Crippen molar-refractivity contribution in [3.05, 3.63) is 0 Å². The molecule has 5 heteroatoms. The molecule has 0 aromatic carbocycles. The van der Waals surface area contributed by atoms with E-state index in [1.54, 1.807) is 20.9 Å². The largest absolute Gasteiger partial charge is 0.388 e. The molecule has 5 nitrogen and oxygen atoms in total. The van der Waals surface area contributed by atoms with Gasteiger partial charge in [-0.25, -0.2) is 0 Å². The highest BCUT2D eigenvalue weighted by Crippen LogP contribution is 2.20. The number of ether oxygens (including phenoxy) is 1. The molecule has 0 radical (unpaired) electrons. The van der Waals surface area contributed by atoms with E-state index in [0.717, 1.165) is 0 Å². The van der Waals surface area contributed by atoms with Gasteiger partial charge in [0, 0.05) is 7.05 Å². The molecule has 0 aliphatic heterocycles. The van der Waals surface area contributed by atoms with E-state index >= 15 is 0 Å². The lowest BCUT2D eigenvalue weighted by Gasteiger charge is -2.35. The van der Waals surface area contributed by atoms with E-state index in [9.17, 15) is 5.11 Å². The van der Waals surface area contributed by atoms with E-state index < -0.39 is 11.2 Å². The van der Waals surface area contributed by atoms with Gasteiger partial charge in [0.2, 0.25) is 0 Å². The quantitative estimate of drug-likeness (QED) is 0.504. The van der Waals surface area contributed by atoms with Crippen molar-refractivity contribution in [1.82, 2.24) is 5.06 Å². The lowest BCUT2D eigenvalue weighted by Crippen LogP contribution is -2.45. The van der Waals surface area contributed by atoms with Crippen LogP contribution in [-0.4, -0.2) is 53.0 Å². The lowest BCUT2D eigenvalue weighted by molar-refractivity contribution is -0.258. The van der Waals surface area contributed by atoms with Crippen LogP contribution >= 0.6 is 0 Å². The fraction of sp³-hybridized carbons (Fsp3) is 1.00. The number of hydrogen-bond donors (Lipinski definition) is 2. The van der Waals surface area contributed by atoms with E-state index in [4.69, 9.17) is 14.7 Å². The molecule has 0 rings (SSSR count). The smallest absolute Gasteiger partial charge is 0.118 e. The maximum absolute atomic E-state index is 9.57. The predicted molar refractivity (Wildman–Crippen MR) is 61.7 cm³/mol. The Morgan fingerprint density at radius 2 is 1.75 bits per heavy atom. The van der Waals surface area contributed by atoms with E-state index in [1.807, 2.05) is 20.8 Å². The molecule has 16 heavy (non-hydrogen) atoms. The van der Waals surface area contributed by atoms with E-state index in [0.29, 0.717) is 0 Å². The topological polar surface area (TPSA) is 62.2 Å². The Morgan fingerprint density at radius 3 is 2.12 bits per heavy atom. The van der Waals surface area contributed by atoms with Gasteiger partial charge in [-0.3, -0.25) is 4.84 Å². The van der Waals surface area contributed by atoms with Crippen LogP contribution < -0.4 is 0 Å². The van der Waals surface area contributed by atoms with E-state index in [-0.39, 0.29) is 19.4 Å². The van der Waals surface area contributed by atoms with Crippen LogP contribution in [0.15, 0.2) is 0 Å². The Balaban J connectivity index is 4.20. The molecule has 0 bridgehead atoms. The summed E-state index contributed by atoms with van der Waals surface area (Å²) in [4.78, 5) is 5.41. The Hall–Kier alpha value is -0.200. The van der Waals surface area contributed by atoms with E-state index in [1.165, 1.54) is 5.06 Å². The van der Waals surface area contributed by atoms with Gasteiger partial charge in [-0.05, 0) is 34.6 Å². The Labute approximate surface area is 97.9 Å². The second-order valence-electron chi connectivity index (χ2n) is 5.22. The summed E-state index contributed by atoms with van der Waals surface area (Å²) < 4.78 is 5.62. The normalized spacial score (nSPS) is 15.6. The van der Waals surface area contributed by atoms with Crippen LogP contribution in [0.5, 0.6) is 0 Å². The van der Waals surface area contributed by atoms with Crippen molar-refractivity contribution in [1.29, 1.82) is 0 Å². The lowest BCUT2D eigenvalue weighted by atomic mass is 10.0. The molecule has 0 aliphatic rings. The number of rotatable bonds is 7. The first-order valence-electron chi connectivity index (χ1n) is 5.43. The van der Waals surface area contributed by atoms with Gasteiger partial charge in [0.1, 0.15) is 12.8 Å². The minimum atomic E-state index is -0.861. The average molecular weight is 235 g/mol. The second-order valence-corrected chi connectivity index (χ2v) is 5.22. The van der Waals surface area contributed by atoms with Crippen molar-refractivity contribution in [3.63, 3.8) is 0 Å². The van der Waals surface area contributed by atoms with Gasteiger partial charge >= 0.3 is 0 Å². The molecule has 0 amide bonds. The third kappa shape index (κ3) is 6.40. The van der Waals surface area contributed by atoms with Crippen LogP contribution in [0.25, 0.3) is 0 Å². The van der Waals surface area contributed by atoms with Gasteiger partial charge < -0.3 is 14.9 Å². The van der Waals surface area contributed by atoms with Crippen molar-refractivity contribution in [2.24, 2.45) is 0 Å². The zero-order valence-corrected chi connectivity index (χ0v) is 11.1. The molecule has 0 saturated heterocycles. The fourth-order valence-corrected chi connectivity index (χ4v) is 0.910. The Bertz CT molecular complexity index is 201. The minimum absolute atomic E-state index is 0.175. The summed E-state index contributed by atoms with van der Waals surface area (Å²) in [6, 6.07) is 0. The predicted octanol–water partition coefficient (Wildman–Crippen LogP) is 0.754. The Kier molecular flexibility index (Phi) is 5.86. The summed E-state index contributed by atoms with van der Waals surface area (Å²) in [7, 11) is 1.64. The highest BCUT2D eigenvalue weighted by molar-refractivity contribution is 4.78. The van der Waals surface area contributed by atoms with Crippen molar-refractivity contribution < 1.29 is 19.8 Å². The third-order valence-electron chi connectivity index (χ3n) is 2.31. The molecule has 0 heterocycles. The van der Waals surface area contributed by atoms with Crippen molar-refractivity contribution in [2.45, 2.75) is 51.9 Å². The first-order chi connectivity index (χ1) is 7.08. The van der Waals surface area contributed by atoms with Crippen LogP contribution in [0.4, 0.5) is 0 Å². The number of nitrogens with zero attached hydrogens (tertiary/aromatic N) is 1. The summed E-state index contributed by atoms with van der Waals surface area (Å²) in [6.45, 7) is 9.06. The molecule has 0 aromatic rings. The fourth-order valence-electron chi connectivity index (χ4n) is 0.910. The van der Waals surface area contributed by atoms with Gasteiger partial charge in [0.15, 0.2) is 0 Å². The number of aliphatic hydroxyl groups excluding tert-OH is 1. The van der Waals surface area contributed by atoms with Crippen LogP contribution in [0.1, 0.15) is 34.6 Å². The van der Waals surface area contributed by atoms with Crippen LogP contribution in [0.2, 0.25) is 0 Å². The zero-order chi connectivity index (χ0) is 13.0. The van der Waals surface area contributed by atoms with Crippen molar-refractivity contribution >= 4 is 0 Å². The third-order valence-corrected chi connectivity index (χ3v) is 2.31. The minimum Gasteiger partial charge on any atom is -0.388 e. The summed E-state index contributed by atoms with van der Waals surface area (Å²) in [5.74, 6) is 0. The van der Waals surface area contributed by atoms with Crippen LogP contribution in [0.3, 0.4) is 0 Å². The average Bonchev–Trinajstić information content (AvgIpc) is 2.13. The van der Waals surface area contributed by atoms with Crippen LogP contribution in [0, 0.1) is 0 Å². The zero-order valence-electron chi connectivity index (χ0n) is 11.1. The highest BCUT2D eigenvalue weighted by Gasteiger charge is 2.31. The van der Waals surface area contributed by atoms with Gasteiger partial charge in [-0.15, -0.1) is 0 Å². The summed E-state index contributed by atoms with van der Waals surface area (Å²) >= 11 is 0. The molecule has 0 spiro atoms. The molecule has 1 unspecified atom stereocenters. The molecule has 0 fully saturated rings. The number of hydrogen-bond acceptors (Lipinski definition) is 5. The van der Waals surface area contributed by atoms with Crippen molar-refractivity contribution in [2.75, 3.05) is 20.4 Å². The highest BCUT2D eigenvalue weighted by atomic mass is 16.7. The molecule has 2 N–H and O–H groups in total. The first-order valence-corrected chi connectivity index (χ1v) is 5.43. The number of aliphatic hydroxyl groups is 2. The SMILES string of the molecule is CC(ON(C)CO)C(C)(C)OCC(C)(C)O. The van der Waals surface area contributed by atoms with Crippen molar-refractivity contribution in [3.8, 4) is 0 Å². The monoisotopic (exact) mass is 235 g/mol. The first kappa shape index (κ1) is 15.8. The molecule has 98 valence electrons. The number of hydroxylamine groups is 2. The maximum Gasteiger partial charge on any atom is 0.118 e. The summed E-state index contributed by atoms with van der Waals surface area (Å²) in [6.07, 6.45) is -0.230. The van der Waals surface area contributed by atoms with Gasteiger partial charge in [-0.2, -0.15) is 5.06 Å². The standard InChI is InChI=1S/C11H25NO4/c1-9(16-12(6)8-13)11(4,5)15-7-10(2,3)14/h9,13-14H,7-8H2,1-6H3. The molecule has 0 aromatic heterocycles. The van der Waals surface area contributed by atoms with Gasteiger partial charge in [0.25, 0.3) is 0 Å². The molecular weight excluding hydrogens is 210 g/mol. The molecule has 1 atom stereocenters. The Morgan fingerprint density at radius 1 is 1.25 bits per heavy atom. The maximum atomic E-state index is 9.57.